The fourth-order valence-electron chi connectivity index (χ4n) is 2.78. The molecule has 8 nitrogen and oxygen atoms in total. The Labute approximate surface area is 160 Å². The van der Waals surface area contributed by atoms with Gasteiger partial charge in [-0.3, -0.25) is 19.3 Å². The third-order valence-corrected chi connectivity index (χ3v) is 5.06. The zero-order valence-corrected chi connectivity index (χ0v) is 15.8. The van der Waals surface area contributed by atoms with Crippen LogP contribution in [-0.4, -0.2) is 56.4 Å². The molecule has 142 valence electrons. The number of thioether (sulfide) groups is 1. The Morgan fingerprint density at radius 3 is 2.67 bits per heavy atom. The number of imide groups is 1. The Hall–Kier alpha value is -2.68. The summed E-state index contributed by atoms with van der Waals surface area (Å²) in [7, 11) is 0. The summed E-state index contributed by atoms with van der Waals surface area (Å²) in [6.07, 6.45) is 1.02. The van der Waals surface area contributed by atoms with Crippen molar-refractivity contribution in [1.82, 2.24) is 19.7 Å². The molecule has 0 radical (unpaired) electrons. The number of benzene rings is 1. The third-order valence-electron chi connectivity index (χ3n) is 4.12. The van der Waals surface area contributed by atoms with Gasteiger partial charge in [-0.05, 0) is 13.3 Å². The Kier molecular flexibility index (Phi) is 6.23. The van der Waals surface area contributed by atoms with Crippen LogP contribution in [0.3, 0.4) is 0 Å². The van der Waals surface area contributed by atoms with E-state index >= 15 is 0 Å². The van der Waals surface area contributed by atoms with E-state index in [1.54, 1.807) is 0 Å². The standard InChI is InChI=1S/C18H20N4O4S/c1-2-21-17(13-7-4-3-5-8-13)19-20-18(21)27-12-16(25)26-11-15(24)22-10-6-9-14(22)23/h3-5,7-8H,2,6,9-12H2,1H3. The number of rotatable bonds is 7. The highest BCUT2D eigenvalue weighted by Crippen LogP contribution is 2.23. The average Bonchev–Trinajstić information content (AvgIpc) is 3.30. The van der Waals surface area contributed by atoms with Crippen LogP contribution < -0.4 is 0 Å². The molecular formula is C18H20N4O4S. The van der Waals surface area contributed by atoms with Crippen LogP contribution >= 0.6 is 11.8 Å². The molecule has 3 rings (SSSR count). The lowest BCUT2D eigenvalue weighted by Crippen LogP contribution is -2.35. The van der Waals surface area contributed by atoms with Gasteiger partial charge >= 0.3 is 5.97 Å². The number of aromatic nitrogens is 3. The molecule has 27 heavy (non-hydrogen) atoms. The second-order valence-corrected chi connectivity index (χ2v) is 6.85. The molecule has 0 unspecified atom stereocenters. The van der Waals surface area contributed by atoms with E-state index in [2.05, 4.69) is 10.2 Å². The van der Waals surface area contributed by atoms with E-state index in [9.17, 15) is 14.4 Å². The van der Waals surface area contributed by atoms with Crippen LogP contribution in [-0.2, 0) is 25.7 Å². The van der Waals surface area contributed by atoms with Crippen molar-refractivity contribution < 1.29 is 19.1 Å². The van der Waals surface area contributed by atoms with Crippen LogP contribution in [0.4, 0.5) is 0 Å². The van der Waals surface area contributed by atoms with Crippen molar-refractivity contribution in [2.75, 3.05) is 18.9 Å². The Balaban J connectivity index is 1.54. The normalized spacial score (nSPS) is 13.8. The maximum atomic E-state index is 11.9. The molecule has 0 bridgehead atoms. The Morgan fingerprint density at radius 2 is 2.00 bits per heavy atom. The summed E-state index contributed by atoms with van der Waals surface area (Å²) < 4.78 is 6.91. The first-order valence-corrected chi connectivity index (χ1v) is 9.69. The minimum Gasteiger partial charge on any atom is -0.455 e. The molecule has 1 aromatic carbocycles. The zero-order chi connectivity index (χ0) is 19.2. The minimum atomic E-state index is -0.535. The van der Waals surface area contributed by atoms with Crippen molar-refractivity contribution in [2.24, 2.45) is 0 Å². The highest BCUT2D eigenvalue weighted by atomic mass is 32.2. The lowest BCUT2D eigenvalue weighted by atomic mass is 10.2. The second kappa shape index (κ2) is 8.81. The summed E-state index contributed by atoms with van der Waals surface area (Å²) in [5, 5.41) is 8.97. The second-order valence-electron chi connectivity index (χ2n) is 5.91. The van der Waals surface area contributed by atoms with Crippen LogP contribution in [0.15, 0.2) is 35.5 Å². The van der Waals surface area contributed by atoms with Crippen molar-refractivity contribution in [2.45, 2.75) is 31.5 Å². The van der Waals surface area contributed by atoms with E-state index in [0.717, 1.165) is 16.3 Å². The van der Waals surface area contributed by atoms with Gasteiger partial charge in [0, 0.05) is 25.1 Å². The summed E-state index contributed by atoms with van der Waals surface area (Å²) in [5.74, 6) is -0.480. The lowest BCUT2D eigenvalue weighted by Gasteiger charge is -2.13. The minimum absolute atomic E-state index is 0.00808. The summed E-state index contributed by atoms with van der Waals surface area (Å²) in [6.45, 7) is 2.61. The molecule has 1 fully saturated rings. The summed E-state index contributed by atoms with van der Waals surface area (Å²) >= 11 is 1.20. The topological polar surface area (TPSA) is 94.4 Å². The van der Waals surface area contributed by atoms with E-state index < -0.39 is 18.5 Å². The van der Waals surface area contributed by atoms with Crippen LogP contribution in [0.5, 0.6) is 0 Å². The van der Waals surface area contributed by atoms with Gasteiger partial charge in [-0.25, -0.2) is 0 Å². The molecule has 2 amide bonds. The van der Waals surface area contributed by atoms with Gasteiger partial charge in [0.15, 0.2) is 17.6 Å². The third kappa shape index (κ3) is 4.54. The van der Waals surface area contributed by atoms with Crippen molar-refractivity contribution in [1.29, 1.82) is 0 Å². The fourth-order valence-corrected chi connectivity index (χ4v) is 3.58. The maximum Gasteiger partial charge on any atom is 0.316 e. The SMILES string of the molecule is CCn1c(SCC(=O)OCC(=O)N2CCCC2=O)nnc1-c1ccccc1. The van der Waals surface area contributed by atoms with Crippen molar-refractivity contribution in [3.8, 4) is 11.4 Å². The number of hydrogen-bond donors (Lipinski definition) is 0. The van der Waals surface area contributed by atoms with E-state index in [1.165, 1.54) is 11.8 Å². The largest absolute Gasteiger partial charge is 0.455 e. The van der Waals surface area contributed by atoms with Crippen LogP contribution in [0.2, 0.25) is 0 Å². The summed E-state index contributed by atoms with van der Waals surface area (Å²) in [4.78, 5) is 36.5. The molecule has 1 aliphatic heterocycles. The fraction of sp³-hybridized carbons (Fsp3) is 0.389. The van der Waals surface area contributed by atoms with E-state index in [4.69, 9.17) is 4.74 Å². The average molecular weight is 388 g/mol. The van der Waals surface area contributed by atoms with Gasteiger partial charge in [-0.15, -0.1) is 10.2 Å². The molecule has 2 heterocycles. The maximum absolute atomic E-state index is 11.9. The predicted molar refractivity (Wildman–Crippen MR) is 98.8 cm³/mol. The Bertz CT molecular complexity index is 837. The molecule has 0 spiro atoms. The smallest absolute Gasteiger partial charge is 0.316 e. The molecule has 0 aliphatic carbocycles. The zero-order valence-electron chi connectivity index (χ0n) is 15.0. The number of likely N-dealkylation sites (tertiary alicyclic amines) is 1. The highest BCUT2D eigenvalue weighted by Gasteiger charge is 2.27. The number of amides is 2. The van der Waals surface area contributed by atoms with Gasteiger partial charge in [-0.1, -0.05) is 42.1 Å². The molecule has 9 heteroatoms. The van der Waals surface area contributed by atoms with Gasteiger partial charge in [0.1, 0.15) is 0 Å². The molecule has 0 saturated carbocycles. The number of carbonyl (C=O) groups is 3. The molecule has 1 aromatic heterocycles. The number of esters is 1. The first kappa shape index (κ1) is 19.1. The number of carbonyl (C=O) groups excluding carboxylic acids is 3. The quantitative estimate of drug-likeness (QED) is 0.527. The van der Waals surface area contributed by atoms with E-state index in [-0.39, 0.29) is 11.7 Å². The van der Waals surface area contributed by atoms with Gasteiger partial charge < -0.3 is 9.30 Å². The summed E-state index contributed by atoms with van der Waals surface area (Å²) in [5.41, 5.74) is 0.946. The number of nitrogens with zero attached hydrogens (tertiary/aromatic N) is 4. The molecular weight excluding hydrogens is 368 g/mol. The van der Waals surface area contributed by atoms with Gasteiger partial charge in [0.2, 0.25) is 5.91 Å². The lowest BCUT2D eigenvalue weighted by molar-refractivity contribution is -0.153. The highest BCUT2D eigenvalue weighted by molar-refractivity contribution is 7.99. The first-order valence-electron chi connectivity index (χ1n) is 8.70. The van der Waals surface area contributed by atoms with Crippen LogP contribution in [0, 0.1) is 0 Å². The number of hydrogen-bond acceptors (Lipinski definition) is 7. The molecule has 0 atom stereocenters. The van der Waals surface area contributed by atoms with Gasteiger partial charge in [0.25, 0.3) is 5.91 Å². The van der Waals surface area contributed by atoms with E-state index in [0.29, 0.717) is 31.1 Å². The van der Waals surface area contributed by atoms with Crippen molar-refractivity contribution >= 4 is 29.5 Å². The monoisotopic (exact) mass is 388 g/mol. The Morgan fingerprint density at radius 1 is 1.22 bits per heavy atom. The molecule has 2 aromatic rings. The van der Waals surface area contributed by atoms with Crippen molar-refractivity contribution in [3.05, 3.63) is 30.3 Å². The predicted octanol–water partition coefficient (Wildman–Crippen LogP) is 1.75. The molecule has 0 N–H and O–H groups in total. The van der Waals surface area contributed by atoms with Crippen LogP contribution in [0.25, 0.3) is 11.4 Å². The number of ether oxygens (including phenoxy) is 1. The van der Waals surface area contributed by atoms with Gasteiger partial charge in [0.05, 0.1) is 5.75 Å². The van der Waals surface area contributed by atoms with Gasteiger partial charge in [-0.2, -0.15) is 0 Å². The van der Waals surface area contributed by atoms with E-state index in [1.807, 2.05) is 41.8 Å². The first-order chi connectivity index (χ1) is 13.1. The van der Waals surface area contributed by atoms with Crippen molar-refractivity contribution in [3.63, 3.8) is 0 Å². The summed E-state index contributed by atoms with van der Waals surface area (Å²) in [6, 6.07) is 9.68. The molecule has 1 aliphatic rings. The molecule has 1 saturated heterocycles. The van der Waals surface area contributed by atoms with Crippen LogP contribution in [0.1, 0.15) is 19.8 Å².